The fourth-order valence-corrected chi connectivity index (χ4v) is 1.51. The van der Waals surface area contributed by atoms with Gasteiger partial charge in [-0.2, -0.15) is 0 Å². The zero-order valence-corrected chi connectivity index (χ0v) is 9.62. The van der Waals surface area contributed by atoms with Crippen LogP contribution in [0.3, 0.4) is 0 Å². The minimum absolute atomic E-state index is 0.0103. The van der Waals surface area contributed by atoms with Crippen LogP contribution in [0.1, 0.15) is 10.5 Å². The first kappa shape index (κ1) is 12.0. The molecule has 2 rings (SSSR count). The predicted molar refractivity (Wildman–Crippen MR) is 56.5 cm³/mol. The summed E-state index contributed by atoms with van der Waals surface area (Å²) in [5.41, 5.74) is 0.0103. The number of rotatable bonds is 3. The van der Waals surface area contributed by atoms with Crippen LogP contribution in [-0.2, 0) is 16.1 Å². The van der Waals surface area contributed by atoms with Crippen molar-refractivity contribution in [3.8, 4) is 0 Å². The maximum atomic E-state index is 11.7. The molecule has 2 heterocycles. The van der Waals surface area contributed by atoms with Crippen molar-refractivity contribution in [1.29, 1.82) is 0 Å². The Balaban J connectivity index is 2.01. The van der Waals surface area contributed by atoms with Crippen LogP contribution in [0, 0.1) is 0 Å². The first-order valence-electron chi connectivity index (χ1n) is 5.18. The van der Waals surface area contributed by atoms with Gasteiger partial charge < -0.3 is 10.1 Å². The van der Waals surface area contributed by atoms with Gasteiger partial charge in [0.15, 0.2) is 5.69 Å². The van der Waals surface area contributed by atoms with Gasteiger partial charge in [0, 0.05) is 13.1 Å². The molecule has 96 valence electrons. The van der Waals surface area contributed by atoms with E-state index in [0.717, 1.165) is 4.90 Å². The molecule has 0 spiro atoms. The molecule has 0 bridgehead atoms. The van der Waals surface area contributed by atoms with Crippen LogP contribution in [0.25, 0.3) is 0 Å². The fraction of sp³-hybridized carbons (Fsp3) is 0.444. The van der Waals surface area contributed by atoms with Crippen molar-refractivity contribution in [3.63, 3.8) is 0 Å². The molecular formula is C9H11N5O4. The third-order valence-corrected chi connectivity index (χ3v) is 2.39. The number of nitrogens with one attached hydrogen (secondary N) is 1. The summed E-state index contributed by atoms with van der Waals surface area (Å²) in [6, 6.07) is -0.423. The number of hydrogen-bond acceptors (Lipinski definition) is 6. The Labute approximate surface area is 102 Å². The minimum Gasteiger partial charge on any atom is -0.464 e. The number of methoxy groups -OCH3 is 1. The molecule has 1 saturated heterocycles. The number of urea groups is 1. The lowest BCUT2D eigenvalue weighted by Crippen LogP contribution is -2.36. The predicted octanol–water partition coefficient (Wildman–Crippen LogP) is -1.38. The molecule has 0 aromatic carbocycles. The van der Waals surface area contributed by atoms with Crippen LogP contribution in [0.2, 0.25) is 0 Å². The maximum Gasteiger partial charge on any atom is 0.360 e. The quantitative estimate of drug-likeness (QED) is 0.665. The average Bonchev–Trinajstić information content (AvgIpc) is 2.97. The molecule has 18 heavy (non-hydrogen) atoms. The third kappa shape index (κ3) is 2.29. The summed E-state index contributed by atoms with van der Waals surface area (Å²) in [7, 11) is 1.22. The van der Waals surface area contributed by atoms with Crippen molar-refractivity contribution in [3.05, 3.63) is 11.9 Å². The van der Waals surface area contributed by atoms with Gasteiger partial charge in [-0.15, -0.1) is 5.10 Å². The van der Waals surface area contributed by atoms with Gasteiger partial charge >= 0.3 is 12.0 Å². The van der Waals surface area contributed by atoms with Crippen molar-refractivity contribution in [2.45, 2.75) is 6.54 Å². The summed E-state index contributed by atoms with van der Waals surface area (Å²) in [6.45, 7) is 0.614. The van der Waals surface area contributed by atoms with E-state index in [-0.39, 0.29) is 12.2 Å². The normalized spacial score (nSPS) is 14.5. The molecule has 1 aromatic rings. The zero-order valence-electron chi connectivity index (χ0n) is 9.62. The zero-order chi connectivity index (χ0) is 13.1. The molecule has 1 aliphatic rings. The Hall–Kier alpha value is -2.45. The first-order valence-corrected chi connectivity index (χ1v) is 5.18. The van der Waals surface area contributed by atoms with E-state index in [4.69, 9.17) is 0 Å². The van der Waals surface area contributed by atoms with Crippen LogP contribution in [0.15, 0.2) is 6.20 Å². The number of aromatic nitrogens is 3. The van der Waals surface area contributed by atoms with Gasteiger partial charge in [-0.3, -0.25) is 9.69 Å². The number of carbonyl (C=O) groups is 3. The lowest BCUT2D eigenvalue weighted by molar-refractivity contribution is -0.128. The van der Waals surface area contributed by atoms with E-state index >= 15 is 0 Å². The molecular weight excluding hydrogens is 242 g/mol. The molecule has 0 saturated carbocycles. The Kier molecular flexibility index (Phi) is 3.22. The monoisotopic (exact) mass is 253 g/mol. The van der Waals surface area contributed by atoms with Gasteiger partial charge in [0.1, 0.15) is 6.54 Å². The van der Waals surface area contributed by atoms with Crippen molar-refractivity contribution in [2.24, 2.45) is 0 Å². The summed E-state index contributed by atoms with van der Waals surface area (Å²) in [5.74, 6) is -1.04. The average molecular weight is 253 g/mol. The molecule has 3 amide bonds. The molecule has 0 atom stereocenters. The number of esters is 1. The smallest absolute Gasteiger partial charge is 0.360 e. The van der Waals surface area contributed by atoms with Crippen LogP contribution >= 0.6 is 0 Å². The van der Waals surface area contributed by atoms with Gasteiger partial charge in [-0.05, 0) is 0 Å². The number of ether oxygens (including phenoxy) is 1. The molecule has 0 aliphatic carbocycles. The van der Waals surface area contributed by atoms with Crippen molar-refractivity contribution in [1.82, 2.24) is 25.2 Å². The largest absolute Gasteiger partial charge is 0.464 e. The summed E-state index contributed by atoms with van der Waals surface area (Å²) < 4.78 is 5.64. The van der Waals surface area contributed by atoms with Crippen molar-refractivity contribution in [2.75, 3.05) is 20.2 Å². The molecule has 1 N–H and O–H groups in total. The Morgan fingerprint density at radius 2 is 2.33 bits per heavy atom. The summed E-state index contributed by atoms with van der Waals surface area (Å²) in [5, 5.41) is 9.68. The molecule has 1 fully saturated rings. The molecule has 9 heteroatoms. The highest BCUT2D eigenvalue weighted by Crippen LogP contribution is 2.01. The van der Waals surface area contributed by atoms with E-state index in [1.54, 1.807) is 0 Å². The summed E-state index contributed by atoms with van der Waals surface area (Å²) in [6.07, 6.45) is 1.29. The van der Waals surface area contributed by atoms with E-state index in [2.05, 4.69) is 20.4 Å². The molecule has 0 radical (unpaired) electrons. The van der Waals surface area contributed by atoms with E-state index in [0.29, 0.717) is 13.1 Å². The Morgan fingerprint density at radius 1 is 1.56 bits per heavy atom. The number of carbonyl (C=O) groups excluding carboxylic acids is 3. The van der Waals surface area contributed by atoms with Gasteiger partial charge in [-0.25, -0.2) is 14.3 Å². The Morgan fingerprint density at radius 3 is 2.94 bits per heavy atom. The van der Waals surface area contributed by atoms with Gasteiger partial charge in [-0.1, -0.05) is 5.21 Å². The summed E-state index contributed by atoms with van der Waals surface area (Å²) >= 11 is 0. The van der Waals surface area contributed by atoms with Crippen molar-refractivity contribution >= 4 is 17.9 Å². The first-order chi connectivity index (χ1) is 8.61. The highest BCUT2D eigenvalue weighted by Gasteiger charge is 2.26. The van der Waals surface area contributed by atoms with E-state index in [1.165, 1.54) is 18.0 Å². The number of amides is 3. The molecule has 1 aromatic heterocycles. The fourth-order valence-electron chi connectivity index (χ4n) is 1.51. The van der Waals surface area contributed by atoms with Gasteiger partial charge in [0.2, 0.25) is 0 Å². The Bertz CT molecular complexity index is 497. The third-order valence-electron chi connectivity index (χ3n) is 2.39. The van der Waals surface area contributed by atoms with E-state index in [1.807, 2.05) is 0 Å². The van der Waals surface area contributed by atoms with Gasteiger partial charge in [0.05, 0.1) is 13.3 Å². The topological polar surface area (TPSA) is 106 Å². The highest BCUT2D eigenvalue weighted by molar-refractivity contribution is 5.95. The number of imide groups is 1. The molecule has 9 nitrogen and oxygen atoms in total. The van der Waals surface area contributed by atoms with Crippen LogP contribution < -0.4 is 5.32 Å². The summed E-state index contributed by atoms with van der Waals surface area (Å²) in [4.78, 5) is 35.2. The highest BCUT2D eigenvalue weighted by atomic mass is 16.5. The van der Waals surface area contributed by atoms with Gasteiger partial charge in [0.25, 0.3) is 5.91 Å². The second kappa shape index (κ2) is 4.82. The lowest BCUT2D eigenvalue weighted by Gasteiger charge is -2.11. The number of nitrogens with zero attached hydrogens (tertiary/aromatic N) is 4. The van der Waals surface area contributed by atoms with Crippen molar-refractivity contribution < 1.29 is 19.1 Å². The lowest BCUT2D eigenvalue weighted by atomic mass is 10.4. The molecule has 0 unspecified atom stereocenters. The van der Waals surface area contributed by atoms with E-state index < -0.39 is 17.9 Å². The second-order valence-corrected chi connectivity index (χ2v) is 3.57. The standard InChI is InChI=1S/C9H11N5O4/c1-18-8(16)6-4-13(12-11-6)5-7(15)14-3-2-10-9(14)17/h4H,2-3,5H2,1H3,(H,10,17). The van der Waals surface area contributed by atoms with E-state index in [9.17, 15) is 14.4 Å². The SMILES string of the molecule is COC(=O)c1cn(CC(=O)N2CCNC2=O)nn1. The van der Waals surface area contributed by atoms with Crippen LogP contribution in [0.4, 0.5) is 4.79 Å². The number of hydrogen-bond donors (Lipinski definition) is 1. The second-order valence-electron chi connectivity index (χ2n) is 3.57. The maximum absolute atomic E-state index is 11.7. The van der Waals surface area contributed by atoms with Crippen LogP contribution in [0.5, 0.6) is 0 Å². The minimum atomic E-state index is -0.632. The molecule has 1 aliphatic heterocycles. The van der Waals surface area contributed by atoms with Crippen LogP contribution in [-0.4, -0.2) is 58.0 Å².